The number of fused-ring (bicyclic) bond motifs is 11. The Morgan fingerprint density at radius 3 is 1.49 bits per heavy atom. The lowest BCUT2D eigenvalue weighted by atomic mass is 9.79. The summed E-state index contributed by atoms with van der Waals surface area (Å²) in [6, 6.07) is 67.7. The maximum Gasteiger partial charge on any atom is 0.0165 e. The Balaban J connectivity index is 1.09. The van der Waals surface area contributed by atoms with Crippen molar-refractivity contribution in [2.75, 3.05) is 0 Å². The van der Waals surface area contributed by atoms with E-state index >= 15 is 0 Å². The van der Waals surface area contributed by atoms with E-state index in [1.54, 1.807) is 0 Å². The minimum atomic E-state index is -0.0773. The van der Waals surface area contributed by atoms with Crippen LogP contribution < -0.4 is 0 Å². The van der Waals surface area contributed by atoms with Gasteiger partial charge in [0, 0.05) is 5.41 Å². The fourth-order valence-corrected chi connectivity index (χ4v) is 9.68. The van der Waals surface area contributed by atoms with Gasteiger partial charge in [0.05, 0.1) is 0 Å². The molecule has 0 spiro atoms. The zero-order chi connectivity index (χ0) is 35.3. The van der Waals surface area contributed by atoms with Crippen molar-refractivity contribution in [2.24, 2.45) is 0 Å². The van der Waals surface area contributed by atoms with Crippen LogP contribution in [0.5, 0.6) is 0 Å². The van der Waals surface area contributed by atoms with Gasteiger partial charge in [-0.2, -0.15) is 0 Å². The predicted octanol–water partition coefficient (Wildman–Crippen LogP) is 14.8. The van der Waals surface area contributed by atoms with Crippen molar-refractivity contribution in [3.8, 4) is 44.5 Å². The molecule has 0 radical (unpaired) electrons. The molecule has 0 fully saturated rings. The van der Waals surface area contributed by atoms with Gasteiger partial charge in [0.2, 0.25) is 0 Å². The highest BCUT2D eigenvalue weighted by atomic mass is 14.4. The molecule has 0 unspecified atom stereocenters. The van der Waals surface area contributed by atoms with Gasteiger partial charge in [0.15, 0.2) is 0 Å². The Morgan fingerprint density at radius 2 is 0.792 bits per heavy atom. The molecule has 0 heterocycles. The number of benzene rings is 10. The van der Waals surface area contributed by atoms with Crippen LogP contribution in [-0.4, -0.2) is 0 Å². The fourth-order valence-electron chi connectivity index (χ4n) is 9.68. The summed E-state index contributed by atoms with van der Waals surface area (Å²) in [5.74, 6) is 0. The van der Waals surface area contributed by atoms with Crippen LogP contribution in [0.1, 0.15) is 25.0 Å². The first-order valence-corrected chi connectivity index (χ1v) is 18.7. The lowest BCUT2D eigenvalue weighted by Gasteiger charge is -2.24. The summed E-state index contributed by atoms with van der Waals surface area (Å²) >= 11 is 0. The standard InChI is InChI=1S/C53H36/c1-53(2)48-25-12-11-23-46(48)51-40-18-6-5-17-38(40)47-32-36(30-31-45(47)52(51)53)33-26-28-35(29-27-33)49-41-19-7-9-21-43(41)50(44-22-10-8-20-42(44)49)39-24-13-15-34-14-3-4-16-37(34)39/h3-32H,1-2H3. The minimum absolute atomic E-state index is 0.0773. The molecule has 10 aromatic rings. The Labute approximate surface area is 309 Å². The van der Waals surface area contributed by atoms with Crippen molar-refractivity contribution in [3.05, 3.63) is 193 Å². The van der Waals surface area contributed by atoms with Gasteiger partial charge in [-0.15, -0.1) is 0 Å². The Morgan fingerprint density at radius 1 is 0.302 bits per heavy atom. The molecule has 0 heteroatoms. The molecule has 0 aromatic heterocycles. The zero-order valence-corrected chi connectivity index (χ0v) is 29.8. The molecule has 53 heavy (non-hydrogen) atoms. The van der Waals surface area contributed by atoms with E-state index in [2.05, 4.69) is 196 Å². The molecule has 0 saturated carbocycles. The molecule has 0 amide bonds. The summed E-state index contributed by atoms with van der Waals surface area (Å²) in [6.45, 7) is 4.78. The van der Waals surface area contributed by atoms with Crippen LogP contribution in [0.15, 0.2) is 182 Å². The quantitative estimate of drug-likeness (QED) is 0.129. The second-order valence-electron chi connectivity index (χ2n) is 15.2. The molecule has 248 valence electrons. The second-order valence-corrected chi connectivity index (χ2v) is 15.2. The van der Waals surface area contributed by atoms with Crippen molar-refractivity contribution in [2.45, 2.75) is 19.3 Å². The molecule has 0 aliphatic heterocycles. The van der Waals surface area contributed by atoms with E-state index in [1.165, 1.54) is 109 Å². The molecule has 0 bridgehead atoms. The number of rotatable bonds is 3. The molecular formula is C53H36. The van der Waals surface area contributed by atoms with Crippen molar-refractivity contribution in [3.63, 3.8) is 0 Å². The van der Waals surface area contributed by atoms with Crippen LogP contribution in [0.4, 0.5) is 0 Å². The van der Waals surface area contributed by atoms with Crippen LogP contribution >= 0.6 is 0 Å². The van der Waals surface area contributed by atoms with E-state index < -0.39 is 0 Å². The van der Waals surface area contributed by atoms with Gasteiger partial charge in [0.1, 0.15) is 0 Å². The first kappa shape index (κ1) is 30.2. The largest absolute Gasteiger partial charge is 0.0619 e. The zero-order valence-electron chi connectivity index (χ0n) is 29.8. The van der Waals surface area contributed by atoms with Crippen molar-refractivity contribution >= 4 is 53.9 Å². The summed E-state index contributed by atoms with van der Waals surface area (Å²) in [7, 11) is 0. The third-order valence-corrected chi connectivity index (χ3v) is 12.0. The normalized spacial score (nSPS) is 13.2. The maximum atomic E-state index is 2.43. The van der Waals surface area contributed by atoms with Crippen molar-refractivity contribution in [1.82, 2.24) is 0 Å². The molecule has 1 aliphatic carbocycles. The summed E-state index contributed by atoms with van der Waals surface area (Å²) in [6.07, 6.45) is 0. The van der Waals surface area contributed by atoms with Crippen molar-refractivity contribution in [1.29, 1.82) is 0 Å². The summed E-state index contributed by atoms with van der Waals surface area (Å²) in [5, 5.41) is 13.0. The average Bonchev–Trinajstić information content (AvgIpc) is 3.46. The lowest BCUT2D eigenvalue weighted by molar-refractivity contribution is 0.666. The van der Waals surface area contributed by atoms with Crippen LogP contribution in [0.2, 0.25) is 0 Å². The molecule has 1 aliphatic rings. The van der Waals surface area contributed by atoms with Crippen molar-refractivity contribution < 1.29 is 0 Å². The average molecular weight is 673 g/mol. The maximum absolute atomic E-state index is 2.43. The Hall–Kier alpha value is -6.50. The van der Waals surface area contributed by atoms with Crippen LogP contribution in [0, 0.1) is 0 Å². The molecule has 11 rings (SSSR count). The summed E-state index contributed by atoms with van der Waals surface area (Å²) in [4.78, 5) is 0. The molecule has 0 atom stereocenters. The highest BCUT2D eigenvalue weighted by Gasteiger charge is 2.38. The van der Waals surface area contributed by atoms with E-state index in [9.17, 15) is 0 Å². The van der Waals surface area contributed by atoms with Gasteiger partial charge in [-0.25, -0.2) is 0 Å². The van der Waals surface area contributed by atoms with E-state index in [4.69, 9.17) is 0 Å². The molecule has 10 aromatic carbocycles. The van der Waals surface area contributed by atoms with Gasteiger partial charge in [0.25, 0.3) is 0 Å². The summed E-state index contributed by atoms with van der Waals surface area (Å²) in [5.41, 5.74) is 13.1. The Bertz CT molecular complexity index is 3060. The highest BCUT2D eigenvalue weighted by molar-refractivity contribution is 6.24. The lowest BCUT2D eigenvalue weighted by Crippen LogP contribution is -2.15. The smallest absolute Gasteiger partial charge is 0.0165 e. The molecular weight excluding hydrogens is 637 g/mol. The van der Waals surface area contributed by atoms with Crippen LogP contribution in [-0.2, 0) is 5.41 Å². The van der Waals surface area contributed by atoms with E-state index in [0.717, 1.165) is 0 Å². The van der Waals surface area contributed by atoms with Crippen LogP contribution in [0.25, 0.3) is 98.4 Å². The second kappa shape index (κ2) is 11.2. The third-order valence-electron chi connectivity index (χ3n) is 12.0. The van der Waals surface area contributed by atoms with Gasteiger partial charge >= 0.3 is 0 Å². The first-order valence-electron chi connectivity index (χ1n) is 18.7. The Kier molecular flexibility index (Phi) is 6.40. The van der Waals surface area contributed by atoms with E-state index in [1.807, 2.05) is 0 Å². The third kappa shape index (κ3) is 4.30. The number of hydrogen-bond donors (Lipinski definition) is 0. The molecule has 0 nitrogen and oxygen atoms in total. The predicted molar refractivity (Wildman–Crippen MR) is 228 cm³/mol. The number of hydrogen-bond acceptors (Lipinski definition) is 0. The van der Waals surface area contributed by atoms with Gasteiger partial charge in [-0.05, 0) is 116 Å². The minimum Gasteiger partial charge on any atom is -0.0619 e. The first-order chi connectivity index (χ1) is 26.1. The SMILES string of the molecule is CC1(C)c2ccccc2-c2c1c1ccc(-c3ccc(-c4c5ccccc5c(-c5cccc6ccccc56)c5ccccc45)cc3)cc1c1ccccc21. The van der Waals surface area contributed by atoms with E-state index in [-0.39, 0.29) is 5.41 Å². The monoisotopic (exact) mass is 672 g/mol. The van der Waals surface area contributed by atoms with E-state index in [0.29, 0.717) is 0 Å². The summed E-state index contributed by atoms with van der Waals surface area (Å²) < 4.78 is 0. The fraction of sp³-hybridized carbons (Fsp3) is 0.0566. The van der Waals surface area contributed by atoms with Crippen LogP contribution in [0.3, 0.4) is 0 Å². The topological polar surface area (TPSA) is 0 Å². The van der Waals surface area contributed by atoms with Gasteiger partial charge in [-0.1, -0.05) is 190 Å². The van der Waals surface area contributed by atoms with Gasteiger partial charge in [-0.3, -0.25) is 0 Å². The van der Waals surface area contributed by atoms with Gasteiger partial charge < -0.3 is 0 Å². The molecule has 0 N–H and O–H groups in total. The molecule has 0 saturated heterocycles. The highest BCUT2D eigenvalue weighted by Crippen LogP contribution is 2.55.